The SMILES string of the molecule is COc1ccc(C)c(Oc2ccc3c(c2)C2(CCCC2)CN3C)c1. The minimum Gasteiger partial charge on any atom is -0.497 e. The summed E-state index contributed by atoms with van der Waals surface area (Å²) in [6, 6.07) is 12.5. The minimum atomic E-state index is 0.340. The van der Waals surface area contributed by atoms with Crippen molar-refractivity contribution in [2.45, 2.75) is 38.0 Å². The van der Waals surface area contributed by atoms with Crippen molar-refractivity contribution in [2.24, 2.45) is 0 Å². The standard InChI is InChI=1S/C21H25NO2/c1-15-6-7-16(23-3)13-20(15)24-17-8-9-19-18(12-17)21(14-22(19)2)10-4-5-11-21/h6-9,12-13H,4-5,10-11,14H2,1-3H3. The number of benzene rings is 2. The molecule has 1 spiro atoms. The predicted octanol–water partition coefficient (Wildman–Crippen LogP) is 5.06. The average molecular weight is 323 g/mol. The van der Waals surface area contributed by atoms with Gasteiger partial charge in [-0.1, -0.05) is 18.9 Å². The van der Waals surface area contributed by atoms with E-state index in [-0.39, 0.29) is 0 Å². The zero-order valence-corrected chi connectivity index (χ0v) is 14.8. The lowest BCUT2D eigenvalue weighted by Gasteiger charge is -2.24. The monoisotopic (exact) mass is 323 g/mol. The maximum Gasteiger partial charge on any atom is 0.134 e. The third kappa shape index (κ3) is 2.43. The zero-order chi connectivity index (χ0) is 16.7. The van der Waals surface area contributed by atoms with Crippen LogP contribution in [0.25, 0.3) is 0 Å². The van der Waals surface area contributed by atoms with E-state index in [1.165, 1.54) is 36.9 Å². The molecule has 1 fully saturated rings. The minimum absolute atomic E-state index is 0.340. The van der Waals surface area contributed by atoms with E-state index in [2.05, 4.69) is 37.1 Å². The number of rotatable bonds is 3. The fourth-order valence-electron chi connectivity index (χ4n) is 4.38. The maximum atomic E-state index is 6.22. The van der Waals surface area contributed by atoms with Gasteiger partial charge in [0.1, 0.15) is 17.2 Å². The molecule has 126 valence electrons. The largest absolute Gasteiger partial charge is 0.497 e. The summed E-state index contributed by atoms with van der Waals surface area (Å²) >= 11 is 0. The lowest BCUT2D eigenvalue weighted by molar-refractivity contribution is 0.408. The Bertz CT molecular complexity index is 762. The number of nitrogens with zero attached hydrogens (tertiary/aromatic N) is 1. The van der Waals surface area contributed by atoms with Gasteiger partial charge >= 0.3 is 0 Å². The maximum absolute atomic E-state index is 6.22. The van der Waals surface area contributed by atoms with E-state index in [0.29, 0.717) is 5.41 Å². The van der Waals surface area contributed by atoms with Gasteiger partial charge in [0.05, 0.1) is 7.11 Å². The van der Waals surface area contributed by atoms with Gasteiger partial charge in [0, 0.05) is 30.8 Å². The van der Waals surface area contributed by atoms with Gasteiger partial charge in [-0.25, -0.2) is 0 Å². The Morgan fingerprint density at radius 3 is 2.50 bits per heavy atom. The summed E-state index contributed by atoms with van der Waals surface area (Å²) in [6.07, 6.45) is 5.28. The molecule has 24 heavy (non-hydrogen) atoms. The van der Waals surface area contributed by atoms with Crippen LogP contribution in [0.1, 0.15) is 36.8 Å². The summed E-state index contributed by atoms with van der Waals surface area (Å²) in [5.74, 6) is 2.61. The van der Waals surface area contributed by atoms with Crippen LogP contribution >= 0.6 is 0 Å². The molecule has 0 unspecified atom stereocenters. The third-order valence-electron chi connectivity index (χ3n) is 5.67. The molecule has 0 bridgehead atoms. The molecule has 1 aliphatic carbocycles. The van der Waals surface area contributed by atoms with Gasteiger partial charge in [-0.3, -0.25) is 0 Å². The van der Waals surface area contributed by atoms with Crippen LogP contribution in [0.2, 0.25) is 0 Å². The second-order valence-electron chi connectivity index (χ2n) is 7.26. The van der Waals surface area contributed by atoms with E-state index in [0.717, 1.165) is 29.4 Å². The number of ether oxygens (including phenoxy) is 2. The highest BCUT2D eigenvalue weighted by molar-refractivity contribution is 5.65. The second-order valence-corrected chi connectivity index (χ2v) is 7.26. The molecular formula is C21H25NO2. The normalized spacial score (nSPS) is 18.0. The highest BCUT2D eigenvalue weighted by atomic mass is 16.5. The van der Waals surface area contributed by atoms with Crippen molar-refractivity contribution in [3.63, 3.8) is 0 Å². The van der Waals surface area contributed by atoms with Crippen molar-refractivity contribution in [3.8, 4) is 17.2 Å². The molecule has 3 heteroatoms. The highest BCUT2D eigenvalue weighted by Gasteiger charge is 2.43. The van der Waals surface area contributed by atoms with Gasteiger partial charge in [-0.2, -0.15) is 0 Å². The molecular weight excluding hydrogens is 298 g/mol. The molecule has 0 saturated heterocycles. The molecule has 1 saturated carbocycles. The molecule has 0 radical (unpaired) electrons. The fourth-order valence-corrected chi connectivity index (χ4v) is 4.38. The number of hydrogen-bond acceptors (Lipinski definition) is 3. The van der Waals surface area contributed by atoms with Gasteiger partial charge in [-0.15, -0.1) is 0 Å². The van der Waals surface area contributed by atoms with E-state index in [4.69, 9.17) is 9.47 Å². The number of likely N-dealkylation sites (N-methyl/N-ethyl adjacent to an activating group) is 1. The van der Waals surface area contributed by atoms with Crippen molar-refractivity contribution in [1.82, 2.24) is 0 Å². The Morgan fingerprint density at radius 2 is 1.75 bits per heavy atom. The molecule has 0 aromatic heterocycles. The van der Waals surface area contributed by atoms with Gasteiger partial charge < -0.3 is 14.4 Å². The number of methoxy groups -OCH3 is 1. The summed E-state index contributed by atoms with van der Waals surface area (Å²) < 4.78 is 11.5. The van der Waals surface area contributed by atoms with Crippen LogP contribution in [0.15, 0.2) is 36.4 Å². The van der Waals surface area contributed by atoms with Crippen LogP contribution in [0, 0.1) is 6.92 Å². The third-order valence-corrected chi connectivity index (χ3v) is 5.67. The van der Waals surface area contributed by atoms with Crippen molar-refractivity contribution in [2.75, 3.05) is 25.6 Å². The second kappa shape index (κ2) is 5.73. The first kappa shape index (κ1) is 15.4. The van der Waals surface area contributed by atoms with Crippen LogP contribution < -0.4 is 14.4 Å². The molecule has 1 aliphatic heterocycles. The van der Waals surface area contributed by atoms with Crippen LogP contribution in [0.3, 0.4) is 0 Å². The first-order valence-electron chi connectivity index (χ1n) is 8.79. The summed E-state index contributed by atoms with van der Waals surface area (Å²) in [6.45, 7) is 3.21. The van der Waals surface area contributed by atoms with Crippen molar-refractivity contribution >= 4 is 5.69 Å². The van der Waals surface area contributed by atoms with Crippen LogP contribution in [-0.4, -0.2) is 20.7 Å². The number of hydrogen-bond donors (Lipinski definition) is 0. The molecule has 2 aromatic rings. The Labute approximate surface area is 144 Å². The molecule has 0 N–H and O–H groups in total. The quantitative estimate of drug-likeness (QED) is 0.788. The lowest BCUT2D eigenvalue weighted by atomic mass is 9.81. The Balaban J connectivity index is 1.69. The molecule has 0 atom stereocenters. The van der Waals surface area contributed by atoms with Gasteiger partial charge in [0.15, 0.2) is 0 Å². The van der Waals surface area contributed by atoms with Gasteiger partial charge in [0.25, 0.3) is 0 Å². The number of anilines is 1. The van der Waals surface area contributed by atoms with Crippen molar-refractivity contribution in [1.29, 1.82) is 0 Å². The van der Waals surface area contributed by atoms with E-state index in [9.17, 15) is 0 Å². The van der Waals surface area contributed by atoms with Crippen LogP contribution in [-0.2, 0) is 5.41 Å². The average Bonchev–Trinajstić information content (AvgIpc) is 3.16. The van der Waals surface area contributed by atoms with E-state index in [1.54, 1.807) is 7.11 Å². The van der Waals surface area contributed by atoms with Crippen molar-refractivity contribution in [3.05, 3.63) is 47.5 Å². The Morgan fingerprint density at radius 1 is 1.00 bits per heavy atom. The molecule has 1 heterocycles. The number of aryl methyl sites for hydroxylation is 1. The Kier molecular flexibility index (Phi) is 3.67. The molecule has 2 aliphatic rings. The zero-order valence-electron chi connectivity index (χ0n) is 14.8. The molecule has 2 aromatic carbocycles. The first-order valence-corrected chi connectivity index (χ1v) is 8.79. The molecule has 3 nitrogen and oxygen atoms in total. The summed E-state index contributed by atoms with van der Waals surface area (Å²) in [5, 5.41) is 0. The van der Waals surface area contributed by atoms with Crippen LogP contribution in [0.5, 0.6) is 17.2 Å². The van der Waals surface area contributed by atoms with E-state index >= 15 is 0 Å². The topological polar surface area (TPSA) is 21.7 Å². The fraction of sp³-hybridized carbons (Fsp3) is 0.429. The highest BCUT2D eigenvalue weighted by Crippen LogP contribution is 2.51. The smallest absolute Gasteiger partial charge is 0.134 e. The summed E-state index contributed by atoms with van der Waals surface area (Å²) in [5.41, 5.74) is 4.29. The predicted molar refractivity (Wildman–Crippen MR) is 97.7 cm³/mol. The number of fused-ring (bicyclic) bond motifs is 2. The summed E-state index contributed by atoms with van der Waals surface area (Å²) in [7, 11) is 3.89. The summed E-state index contributed by atoms with van der Waals surface area (Å²) in [4.78, 5) is 2.40. The first-order chi connectivity index (χ1) is 11.6. The van der Waals surface area contributed by atoms with E-state index in [1.807, 2.05) is 18.2 Å². The molecule has 4 rings (SSSR count). The van der Waals surface area contributed by atoms with Crippen molar-refractivity contribution < 1.29 is 9.47 Å². The lowest BCUT2D eigenvalue weighted by Crippen LogP contribution is -2.28. The van der Waals surface area contributed by atoms with Crippen LogP contribution in [0.4, 0.5) is 5.69 Å². The van der Waals surface area contributed by atoms with E-state index < -0.39 is 0 Å². The van der Waals surface area contributed by atoms with Gasteiger partial charge in [-0.05, 0) is 55.2 Å². The Hall–Kier alpha value is -2.16. The molecule has 0 amide bonds. The van der Waals surface area contributed by atoms with Gasteiger partial charge in [0.2, 0.25) is 0 Å².